The monoisotopic (exact) mass is 242 g/mol. The second kappa shape index (κ2) is 3.95. The number of hydrogen-bond acceptors (Lipinski definition) is 4. The van der Waals surface area contributed by atoms with Gasteiger partial charge in [0.05, 0.1) is 18.6 Å². The minimum absolute atomic E-state index is 0.00303. The molecule has 3 atom stereocenters. The van der Waals surface area contributed by atoms with E-state index in [2.05, 4.69) is 0 Å². The highest BCUT2D eigenvalue weighted by Crippen LogP contribution is 2.46. The molecule has 0 aromatic rings. The Bertz CT molecular complexity index is 316. The Labute approximate surface area is 103 Å². The van der Waals surface area contributed by atoms with Crippen LogP contribution in [0.3, 0.4) is 0 Å². The van der Waals surface area contributed by atoms with Crippen LogP contribution >= 0.6 is 0 Å². The maximum absolute atomic E-state index is 11.8. The summed E-state index contributed by atoms with van der Waals surface area (Å²) >= 11 is 0. The van der Waals surface area contributed by atoms with Gasteiger partial charge >= 0.3 is 5.97 Å². The van der Waals surface area contributed by atoms with E-state index >= 15 is 0 Å². The van der Waals surface area contributed by atoms with Crippen LogP contribution in [0.1, 0.15) is 41.0 Å². The van der Waals surface area contributed by atoms with E-state index in [4.69, 9.17) is 14.2 Å². The third kappa shape index (κ3) is 3.19. The predicted octanol–water partition coefficient (Wildman–Crippen LogP) is 2.12. The minimum Gasteiger partial charge on any atom is -0.460 e. The minimum atomic E-state index is -0.508. The fourth-order valence-electron chi connectivity index (χ4n) is 2.20. The van der Waals surface area contributed by atoms with Gasteiger partial charge in [-0.25, -0.2) is 0 Å². The van der Waals surface area contributed by atoms with E-state index in [1.54, 1.807) is 0 Å². The van der Waals surface area contributed by atoms with Crippen LogP contribution in [0.25, 0.3) is 0 Å². The van der Waals surface area contributed by atoms with Gasteiger partial charge in [-0.15, -0.1) is 0 Å². The number of ether oxygens (including phenoxy) is 3. The number of rotatable bonds is 2. The number of esters is 1. The number of carbonyl (C=O) groups excluding carboxylic acids is 1. The molecule has 98 valence electrons. The van der Waals surface area contributed by atoms with E-state index in [-0.39, 0.29) is 23.9 Å². The van der Waals surface area contributed by atoms with Crippen LogP contribution in [0.15, 0.2) is 0 Å². The van der Waals surface area contributed by atoms with Crippen LogP contribution in [0.4, 0.5) is 0 Å². The van der Waals surface area contributed by atoms with Gasteiger partial charge in [-0.05, 0) is 41.0 Å². The lowest BCUT2D eigenvalue weighted by Crippen LogP contribution is -2.27. The van der Waals surface area contributed by atoms with Crippen molar-refractivity contribution in [1.82, 2.24) is 0 Å². The first-order valence-corrected chi connectivity index (χ1v) is 6.23. The molecular weight excluding hydrogens is 220 g/mol. The van der Waals surface area contributed by atoms with Gasteiger partial charge in [-0.1, -0.05) is 0 Å². The smallest absolute Gasteiger partial charge is 0.309 e. The van der Waals surface area contributed by atoms with Crippen LogP contribution in [-0.2, 0) is 19.0 Å². The van der Waals surface area contributed by atoms with Crippen molar-refractivity contribution >= 4 is 5.97 Å². The molecule has 0 aromatic heterocycles. The lowest BCUT2D eigenvalue weighted by atomic mass is 10.1. The van der Waals surface area contributed by atoms with Crippen LogP contribution in [0, 0.1) is 11.8 Å². The van der Waals surface area contributed by atoms with Gasteiger partial charge in [0, 0.05) is 5.92 Å². The van der Waals surface area contributed by atoms with E-state index in [0.717, 1.165) is 6.42 Å². The molecule has 0 radical (unpaired) electrons. The fraction of sp³-hybridized carbons (Fsp3) is 0.923. The molecule has 2 aliphatic rings. The number of hydrogen-bond donors (Lipinski definition) is 0. The highest BCUT2D eigenvalue weighted by atomic mass is 16.7. The Balaban J connectivity index is 1.83. The number of carbonyl (C=O) groups is 1. The summed E-state index contributed by atoms with van der Waals surface area (Å²) < 4.78 is 16.6. The molecule has 0 unspecified atom stereocenters. The predicted molar refractivity (Wildman–Crippen MR) is 62.3 cm³/mol. The van der Waals surface area contributed by atoms with Gasteiger partial charge in [0.2, 0.25) is 0 Å². The van der Waals surface area contributed by atoms with Gasteiger partial charge < -0.3 is 14.2 Å². The topological polar surface area (TPSA) is 44.8 Å². The van der Waals surface area contributed by atoms with Crippen LogP contribution in [0.2, 0.25) is 0 Å². The summed E-state index contributed by atoms with van der Waals surface area (Å²) in [6, 6.07) is 0. The summed E-state index contributed by atoms with van der Waals surface area (Å²) in [5.74, 6) is -0.342. The summed E-state index contributed by atoms with van der Waals surface area (Å²) in [5, 5.41) is 0. The van der Waals surface area contributed by atoms with Gasteiger partial charge in [0.15, 0.2) is 5.79 Å². The average molecular weight is 242 g/mol. The van der Waals surface area contributed by atoms with Crippen LogP contribution < -0.4 is 0 Å². The van der Waals surface area contributed by atoms with E-state index in [1.165, 1.54) is 0 Å². The molecule has 4 nitrogen and oxygen atoms in total. The van der Waals surface area contributed by atoms with Crippen molar-refractivity contribution in [2.45, 2.75) is 58.5 Å². The van der Waals surface area contributed by atoms with Gasteiger partial charge in [-0.3, -0.25) is 4.79 Å². The van der Waals surface area contributed by atoms with Crippen molar-refractivity contribution in [3.8, 4) is 0 Å². The maximum Gasteiger partial charge on any atom is 0.309 e. The molecule has 2 fully saturated rings. The summed E-state index contributed by atoms with van der Waals surface area (Å²) in [6.07, 6.45) is 0.904. The van der Waals surface area contributed by atoms with Crippen LogP contribution in [0.5, 0.6) is 0 Å². The van der Waals surface area contributed by atoms with Crippen molar-refractivity contribution in [3.05, 3.63) is 0 Å². The fourth-order valence-corrected chi connectivity index (χ4v) is 2.20. The average Bonchev–Trinajstić information content (AvgIpc) is 2.83. The van der Waals surface area contributed by atoms with Gasteiger partial charge in [0.25, 0.3) is 0 Å². The first kappa shape index (κ1) is 12.8. The molecule has 4 heteroatoms. The molecule has 1 heterocycles. The van der Waals surface area contributed by atoms with Crippen molar-refractivity contribution in [1.29, 1.82) is 0 Å². The maximum atomic E-state index is 11.8. The standard InChI is InChI=1S/C13H22O4/c1-12(2,3)17-11(14)9-6-8(9)10-7-15-13(4,5)16-10/h8-10H,6-7H2,1-5H3/t8-,9-,10-/m1/s1. The molecule has 17 heavy (non-hydrogen) atoms. The molecule has 1 saturated carbocycles. The quantitative estimate of drug-likeness (QED) is 0.696. The zero-order valence-electron chi connectivity index (χ0n) is 11.3. The van der Waals surface area contributed by atoms with Crippen molar-refractivity contribution in [3.63, 3.8) is 0 Å². The van der Waals surface area contributed by atoms with Crippen LogP contribution in [-0.4, -0.2) is 30.1 Å². The van der Waals surface area contributed by atoms with Gasteiger partial charge in [-0.2, -0.15) is 0 Å². The second-order valence-corrected chi connectivity index (χ2v) is 6.41. The third-order valence-electron chi connectivity index (χ3n) is 3.06. The second-order valence-electron chi connectivity index (χ2n) is 6.41. The molecular formula is C13H22O4. The molecule has 0 spiro atoms. The SMILES string of the molecule is CC(C)(C)OC(=O)[C@@H]1C[C@H]1[C@H]1COC(C)(C)O1. The van der Waals surface area contributed by atoms with Crippen molar-refractivity contribution < 1.29 is 19.0 Å². The molecule has 0 bridgehead atoms. The first-order valence-electron chi connectivity index (χ1n) is 6.23. The molecule has 0 aromatic carbocycles. The lowest BCUT2D eigenvalue weighted by molar-refractivity contribution is -0.159. The molecule has 1 aliphatic carbocycles. The summed E-state index contributed by atoms with van der Waals surface area (Å²) in [6.45, 7) is 10.1. The Morgan fingerprint density at radius 1 is 1.35 bits per heavy atom. The Kier molecular flexibility index (Phi) is 2.99. The third-order valence-corrected chi connectivity index (χ3v) is 3.06. The van der Waals surface area contributed by atoms with Gasteiger partial charge in [0.1, 0.15) is 5.60 Å². The molecule has 1 saturated heterocycles. The normalized spacial score (nSPS) is 35.7. The lowest BCUT2D eigenvalue weighted by Gasteiger charge is -2.20. The van der Waals surface area contributed by atoms with Crippen molar-refractivity contribution in [2.24, 2.45) is 11.8 Å². The Morgan fingerprint density at radius 2 is 2.00 bits per heavy atom. The summed E-state index contributed by atoms with van der Waals surface area (Å²) in [7, 11) is 0. The molecule has 1 aliphatic heterocycles. The highest BCUT2D eigenvalue weighted by molar-refractivity contribution is 5.76. The van der Waals surface area contributed by atoms with Crippen molar-refractivity contribution in [2.75, 3.05) is 6.61 Å². The van der Waals surface area contributed by atoms with E-state index < -0.39 is 11.4 Å². The first-order chi connectivity index (χ1) is 7.68. The van der Waals surface area contributed by atoms with E-state index in [0.29, 0.717) is 6.61 Å². The molecule has 2 rings (SSSR count). The van der Waals surface area contributed by atoms with E-state index in [9.17, 15) is 4.79 Å². The molecule has 0 amide bonds. The highest BCUT2D eigenvalue weighted by Gasteiger charge is 2.53. The zero-order chi connectivity index (χ0) is 12.8. The Hall–Kier alpha value is -0.610. The summed E-state index contributed by atoms with van der Waals surface area (Å²) in [5.41, 5.74) is -0.406. The largest absolute Gasteiger partial charge is 0.460 e. The molecule has 0 N–H and O–H groups in total. The zero-order valence-corrected chi connectivity index (χ0v) is 11.3. The van der Waals surface area contributed by atoms with E-state index in [1.807, 2.05) is 34.6 Å². The summed E-state index contributed by atoms with van der Waals surface area (Å²) in [4.78, 5) is 11.8. The Morgan fingerprint density at radius 3 is 2.47 bits per heavy atom.